The molecule has 3 N–H and O–H groups in total. The fourth-order valence-corrected chi connectivity index (χ4v) is 4.06. The number of nitrogens with two attached hydrogens (primary N) is 1. The van der Waals surface area contributed by atoms with Gasteiger partial charge in [-0.2, -0.15) is 0 Å². The smallest absolute Gasteiger partial charge is 0.311 e. The highest BCUT2D eigenvalue weighted by atomic mass is 16.5. The van der Waals surface area contributed by atoms with Gasteiger partial charge in [0.2, 0.25) is 0 Å². The van der Waals surface area contributed by atoms with Crippen molar-refractivity contribution < 1.29 is 19.4 Å². The van der Waals surface area contributed by atoms with Gasteiger partial charge < -0.3 is 20.3 Å². The Morgan fingerprint density at radius 2 is 1.36 bits per heavy atom. The van der Waals surface area contributed by atoms with E-state index < -0.39 is 11.4 Å². The van der Waals surface area contributed by atoms with Crippen LogP contribution in [0.5, 0.6) is 0 Å². The van der Waals surface area contributed by atoms with Crippen molar-refractivity contribution in [3.63, 3.8) is 0 Å². The van der Waals surface area contributed by atoms with Crippen molar-refractivity contribution in [2.24, 2.45) is 16.6 Å². The minimum Gasteiger partial charge on any atom is -0.481 e. The van der Waals surface area contributed by atoms with Crippen LogP contribution in [0.1, 0.15) is 30.4 Å². The Hall–Kier alpha value is -2.21. The zero-order valence-corrected chi connectivity index (χ0v) is 16.2. The first-order chi connectivity index (χ1) is 13.6. The average molecular weight is 383 g/mol. The molecule has 1 aliphatic carbocycles. The van der Waals surface area contributed by atoms with E-state index in [-0.39, 0.29) is 12.0 Å². The lowest BCUT2D eigenvalue weighted by molar-refractivity contribution is -0.145. The molecular formula is C23H29NO4. The minimum atomic E-state index is -0.848. The fraction of sp³-hybridized carbons (Fsp3) is 0.435. The number of carbonyl (C=O) groups is 1. The quantitative estimate of drug-likeness (QED) is 0.547. The minimum absolute atomic E-state index is 0.152. The van der Waals surface area contributed by atoms with Crippen LogP contribution in [0.25, 0.3) is 0 Å². The van der Waals surface area contributed by atoms with Gasteiger partial charge in [0.1, 0.15) is 0 Å². The maximum atomic E-state index is 11.9. The number of rotatable bonds is 12. The molecule has 0 aromatic heterocycles. The van der Waals surface area contributed by atoms with Crippen molar-refractivity contribution in [2.45, 2.75) is 32.5 Å². The van der Waals surface area contributed by atoms with Gasteiger partial charge in [0.05, 0.1) is 18.6 Å². The van der Waals surface area contributed by atoms with E-state index in [9.17, 15) is 9.90 Å². The van der Waals surface area contributed by atoms with Crippen LogP contribution in [0.15, 0.2) is 60.7 Å². The summed E-state index contributed by atoms with van der Waals surface area (Å²) >= 11 is 0. The summed E-state index contributed by atoms with van der Waals surface area (Å²) in [5.41, 5.74) is 6.90. The highest BCUT2D eigenvalue weighted by Gasteiger charge is 2.70. The highest BCUT2D eigenvalue weighted by Crippen LogP contribution is 2.67. The van der Waals surface area contributed by atoms with Crippen molar-refractivity contribution in [1.29, 1.82) is 0 Å². The SMILES string of the molecule is NCC1(C(=O)O)CC1(CCOCc1ccccc1)CCOCc1ccccc1. The van der Waals surface area contributed by atoms with Crippen LogP contribution in [0.2, 0.25) is 0 Å². The number of carboxylic acids is 1. The predicted octanol–water partition coefficient (Wildman–Crippen LogP) is 3.62. The van der Waals surface area contributed by atoms with Crippen LogP contribution in [0.4, 0.5) is 0 Å². The number of carboxylic acid groups (broad SMARTS) is 1. The van der Waals surface area contributed by atoms with E-state index >= 15 is 0 Å². The molecule has 150 valence electrons. The van der Waals surface area contributed by atoms with E-state index in [1.54, 1.807) is 0 Å². The number of aliphatic carboxylic acids is 1. The Kier molecular flexibility index (Phi) is 6.83. The fourth-order valence-electron chi connectivity index (χ4n) is 4.06. The number of hydrogen-bond donors (Lipinski definition) is 2. The summed E-state index contributed by atoms with van der Waals surface area (Å²) in [7, 11) is 0. The summed E-state index contributed by atoms with van der Waals surface area (Å²) in [6, 6.07) is 19.9. The summed E-state index contributed by atoms with van der Waals surface area (Å²) < 4.78 is 11.6. The molecule has 3 rings (SSSR count). The first-order valence-corrected chi connectivity index (χ1v) is 9.79. The van der Waals surface area contributed by atoms with Gasteiger partial charge in [-0.1, -0.05) is 60.7 Å². The Morgan fingerprint density at radius 3 is 1.71 bits per heavy atom. The second-order valence-corrected chi connectivity index (χ2v) is 7.62. The third kappa shape index (κ3) is 4.61. The maximum Gasteiger partial charge on any atom is 0.311 e. The molecule has 1 saturated carbocycles. The van der Waals surface area contributed by atoms with Crippen LogP contribution in [0.3, 0.4) is 0 Å². The van der Waals surface area contributed by atoms with Gasteiger partial charge in [-0.25, -0.2) is 0 Å². The second kappa shape index (κ2) is 9.32. The van der Waals surface area contributed by atoms with Gasteiger partial charge in [-0.05, 0) is 35.8 Å². The third-order valence-corrected chi connectivity index (χ3v) is 5.96. The molecule has 0 spiro atoms. The summed E-state index contributed by atoms with van der Waals surface area (Å²) in [6.45, 7) is 2.25. The zero-order valence-electron chi connectivity index (χ0n) is 16.2. The average Bonchev–Trinajstić information content (AvgIpc) is 3.40. The van der Waals surface area contributed by atoms with Crippen LogP contribution in [-0.2, 0) is 27.5 Å². The first kappa shape index (κ1) is 20.5. The molecule has 5 heteroatoms. The molecule has 0 saturated heterocycles. The van der Waals surface area contributed by atoms with Crippen molar-refractivity contribution in [3.05, 3.63) is 71.8 Å². The monoisotopic (exact) mass is 383 g/mol. The zero-order chi connectivity index (χ0) is 19.9. The molecule has 2 aromatic carbocycles. The lowest BCUT2D eigenvalue weighted by Gasteiger charge is -2.22. The molecule has 0 radical (unpaired) electrons. The molecule has 1 aliphatic rings. The molecule has 0 bridgehead atoms. The number of benzene rings is 2. The van der Waals surface area contributed by atoms with Gasteiger partial charge in [-0.15, -0.1) is 0 Å². The third-order valence-electron chi connectivity index (χ3n) is 5.96. The van der Waals surface area contributed by atoms with Gasteiger partial charge in [-0.3, -0.25) is 4.79 Å². The molecule has 2 aromatic rings. The van der Waals surface area contributed by atoms with Crippen molar-refractivity contribution >= 4 is 5.97 Å². The van der Waals surface area contributed by atoms with Crippen LogP contribution in [0, 0.1) is 10.8 Å². The maximum absolute atomic E-state index is 11.9. The normalized spacial score (nSPS) is 20.0. The molecule has 1 fully saturated rings. The number of ether oxygens (including phenoxy) is 2. The van der Waals surface area contributed by atoms with Gasteiger partial charge in [0.15, 0.2) is 0 Å². The summed E-state index contributed by atoms with van der Waals surface area (Å²) in [5, 5.41) is 9.75. The molecule has 0 heterocycles. The lowest BCUT2D eigenvalue weighted by Crippen LogP contribution is -2.33. The van der Waals surface area contributed by atoms with Crippen LogP contribution in [-0.4, -0.2) is 30.8 Å². The molecular weight excluding hydrogens is 354 g/mol. The number of hydrogen-bond acceptors (Lipinski definition) is 4. The predicted molar refractivity (Wildman–Crippen MR) is 108 cm³/mol. The van der Waals surface area contributed by atoms with Gasteiger partial charge >= 0.3 is 5.97 Å². The van der Waals surface area contributed by atoms with E-state index in [2.05, 4.69) is 0 Å². The standard InChI is InChI=1S/C23H29NO4/c24-18-23(21(25)26)17-22(23,11-13-27-15-19-7-3-1-4-8-19)12-14-28-16-20-9-5-2-6-10-20/h1-10H,11-18,24H2,(H,25,26). The lowest BCUT2D eigenvalue weighted by atomic mass is 9.87. The van der Waals surface area contributed by atoms with Crippen LogP contribution < -0.4 is 5.73 Å². The van der Waals surface area contributed by atoms with E-state index in [1.807, 2.05) is 60.7 Å². The molecule has 5 nitrogen and oxygen atoms in total. The van der Waals surface area contributed by atoms with Crippen molar-refractivity contribution in [3.8, 4) is 0 Å². The molecule has 0 aliphatic heterocycles. The molecule has 28 heavy (non-hydrogen) atoms. The summed E-state index contributed by atoms with van der Waals surface area (Å²) in [4.78, 5) is 11.9. The Balaban J connectivity index is 1.51. The largest absolute Gasteiger partial charge is 0.481 e. The summed E-state index contributed by atoms with van der Waals surface area (Å²) in [6.07, 6.45) is 1.95. The molecule has 1 atom stereocenters. The second-order valence-electron chi connectivity index (χ2n) is 7.62. The van der Waals surface area contributed by atoms with E-state index in [0.717, 1.165) is 11.1 Å². The topological polar surface area (TPSA) is 81.8 Å². The first-order valence-electron chi connectivity index (χ1n) is 9.79. The van der Waals surface area contributed by atoms with Crippen molar-refractivity contribution in [2.75, 3.05) is 19.8 Å². The molecule has 0 amide bonds. The van der Waals surface area contributed by atoms with E-state index in [4.69, 9.17) is 15.2 Å². The Bertz CT molecular complexity index is 702. The van der Waals surface area contributed by atoms with E-state index in [1.165, 1.54) is 0 Å². The Labute approximate surface area is 166 Å². The highest BCUT2D eigenvalue weighted by molar-refractivity contribution is 5.80. The molecule has 1 unspecified atom stereocenters. The Morgan fingerprint density at radius 1 is 0.893 bits per heavy atom. The van der Waals surface area contributed by atoms with Crippen LogP contribution >= 0.6 is 0 Å². The summed E-state index contributed by atoms with van der Waals surface area (Å²) in [5.74, 6) is -0.805. The van der Waals surface area contributed by atoms with Gasteiger partial charge in [0, 0.05) is 19.8 Å². The van der Waals surface area contributed by atoms with E-state index in [0.29, 0.717) is 45.7 Å². The van der Waals surface area contributed by atoms with Crippen molar-refractivity contribution in [1.82, 2.24) is 0 Å². The van der Waals surface area contributed by atoms with Gasteiger partial charge in [0.25, 0.3) is 0 Å².